The molecular weight excluding hydrogens is 264 g/mol. The lowest BCUT2D eigenvalue weighted by atomic mass is 9.69. The van der Waals surface area contributed by atoms with Crippen LogP contribution >= 0.6 is 0 Å². The van der Waals surface area contributed by atoms with E-state index in [9.17, 15) is 0 Å². The van der Waals surface area contributed by atoms with E-state index in [1.165, 1.54) is 56.1 Å². The Morgan fingerprint density at radius 3 is 1.77 bits per heavy atom. The van der Waals surface area contributed by atoms with Gasteiger partial charge in [0, 0.05) is 0 Å². The zero-order chi connectivity index (χ0) is 15.1. The maximum Gasteiger partial charge on any atom is -0.0214 e. The molecule has 22 heavy (non-hydrogen) atoms. The highest BCUT2D eigenvalue weighted by atomic mass is 14.3. The minimum absolute atomic E-state index is 0.410. The van der Waals surface area contributed by atoms with Gasteiger partial charge in [0.05, 0.1) is 0 Å². The van der Waals surface area contributed by atoms with Crippen LogP contribution in [0.3, 0.4) is 0 Å². The maximum atomic E-state index is 2.39. The summed E-state index contributed by atoms with van der Waals surface area (Å²) in [7, 11) is 0. The van der Waals surface area contributed by atoms with Crippen LogP contribution in [0.15, 0.2) is 72.8 Å². The fourth-order valence-corrected chi connectivity index (χ4v) is 3.82. The molecule has 0 bridgehead atoms. The third-order valence-electron chi connectivity index (χ3n) is 4.93. The van der Waals surface area contributed by atoms with Crippen molar-refractivity contribution in [3.05, 3.63) is 83.9 Å². The summed E-state index contributed by atoms with van der Waals surface area (Å²) >= 11 is 0. The minimum atomic E-state index is 0.410. The van der Waals surface area contributed by atoms with Gasteiger partial charge >= 0.3 is 0 Å². The average Bonchev–Trinajstić information content (AvgIpc) is 2.53. The van der Waals surface area contributed by atoms with Crippen molar-refractivity contribution in [2.24, 2.45) is 5.41 Å². The van der Waals surface area contributed by atoms with E-state index in [-0.39, 0.29) is 0 Å². The Labute approximate surface area is 134 Å². The summed E-state index contributed by atoms with van der Waals surface area (Å²) in [6.07, 6.45) is 13.6. The summed E-state index contributed by atoms with van der Waals surface area (Å²) in [6.45, 7) is 0. The SMILES string of the molecule is C1=CCCC(Cc2ccccc2)(Cc2ccccc2)CCC1. The summed E-state index contributed by atoms with van der Waals surface area (Å²) in [5, 5.41) is 0. The van der Waals surface area contributed by atoms with E-state index >= 15 is 0 Å². The van der Waals surface area contributed by atoms with Crippen LogP contribution in [0.5, 0.6) is 0 Å². The molecule has 0 aromatic heterocycles. The fourth-order valence-electron chi connectivity index (χ4n) is 3.82. The summed E-state index contributed by atoms with van der Waals surface area (Å²) < 4.78 is 0. The third-order valence-corrected chi connectivity index (χ3v) is 4.93. The fraction of sp³-hybridized carbons (Fsp3) is 0.364. The van der Waals surface area contributed by atoms with Gasteiger partial charge in [-0.05, 0) is 61.5 Å². The topological polar surface area (TPSA) is 0 Å². The molecule has 1 aliphatic carbocycles. The lowest BCUT2D eigenvalue weighted by Gasteiger charge is -2.35. The molecule has 0 radical (unpaired) electrons. The van der Waals surface area contributed by atoms with Crippen molar-refractivity contribution in [1.29, 1.82) is 0 Å². The maximum absolute atomic E-state index is 2.39. The van der Waals surface area contributed by atoms with Crippen LogP contribution in [0, 0.1) is 5.41 Å². The van der Waals surface area contributed by atoms with Crippen molar-refractivity contribution < 1.29 is 0 Å². The van der Waals surface area contributed by atoms with E-state index in [0.717, 1.165) is 0 Å². The van der Waals surface area contributed by atoms with E-state index in [1.54, 1.807) is 0 Å². The van der Waals surface area contributed by atoms with Gasteiger partial charge in [-0.15, -0.1) is 0 Å². The van der Waals surface area contributed by atoms with E-state index in [4.69, 9.17) is 0 Å². The second-order valence-corrected chi connectivity index (χ2v) is 6.73. The summed E-state index contributed by atoms with van der Waals surface area (Å²) in [4.78, 5) is 0. The van der Waals surface area contributed by atoms with Crippen molar-refractivity contribution in [3.8, 4) is 0 Å². The third kappa shape index (κ3) is 4.10. The highest BCUT2D eigenvalue weighted by Crippen LogP contribution is 2.39. The smallest absolute Gasteiger partial charge is 0.0214 e. The van der Waals surface area contributed by atoms with Gasteiger partial charge in [-0.1, -0.05) is 72.8 Å². The van der Waals surface area contributed by atoms with Crippen LogP contribution in [0.2, 0.25) is 0 Å². The van der Waals surface area contributed by atoms with Gasteiger partial charge in [-0.25, -0.2) is 0 Å². The molecule has 0 heterocycles. The van der Waals surface area contributed by atoms with Crippen LogP contribution < -0.4 is 0 Å². The average molecular weight is 290 g/mol. The number of benzene rings is 2. The Balaban J connectivity index is 1.85. The number of hydrogen-bond acceptors (Lipinski definition) is 0. The zero-order valence-corrected chi connectivity index (χ0v) is 13.4. The highest BCUT2D eigenvalue weighted by Gasteiger charge is 2.30. The molecule has 2 aromatic rings. The van der Waals surface area contributed by atoms with Gasteiger partial charge < -0.3 is 0 Å². The summed E-state index contributed by atoms with van der Waals surface area (Å²) in [5.41, 5.74) is 3.39. The Kier molecular flexibility index (Phi) is 5.11. The Bertz CT molecular complexity index is 538. The summed E-state index contributed by atoms with van der Waals surface area (Å²) in [5.74, 6) is 0. The van der Waals surface area contributed by atoms with Gasteiger partial charge in [0.15, 0.2) is 0 Å². The first-order chi connectivity index (χ1) is 10.9. The molecule has 0 unspecified atom stereocenters. The van der Waals surface area contributed by atoms with E-state index in [2.05, 4.69) is 72.8 Å². The molecule has 0 atom stereocenters. The Morgan fingerprint density at radius 2 is 1.18 bits per heavy atom. The Morgan fingerprint density at radius 1 is 0.636 bits per heavy atom. The first kappa shape index (κ1) is 15.1. The quantitative estimate of drug-likeness (QED) is 0.608. The number of hydrogen-bond donors (Lipinski definition) is 0. The van der Waals surface area contributed by atoms with Gasteiger partial charge in [0.2, 0.25) is 0 Å². The van der Waals surface area contributed by atoms with E-state index in [1.807, 2.05) is 0 Å². The highest BCUT2D eigenvalue weighted by molar-refractivity contribution is 5.21. The van der Waals surface area contributed by atoms with E-state index < -0.39 is 0 Å². The molecule has 0 spiro atoms. The molecule has 114 valence electrons. The molecule has 0 N–H and O–H groups in total. The standard InChI is InChI=1S/C22H26/c1-2-10-16-22(17-11-3-1,18-20-12-6-4-7-13-20)19-21-14-8-5-9-15-21/h1-2,4-9,12-15H,3,10-11,16-19H2. The lowest BCUT2D eigenvalue weighted by molar-refractivity contribution is 0.228. The van der Waals surface area contributed by atoms with Crippen LogP contribution in [0.1, 0.15) is 43.2 Å². The molecule has 2 aromatic carbocycles. The largest absolute Gasteiger partial charge is 0.0885 e. The van der Waals surface area contributed by atoms with Crippen molar-refractivity contribution in [2.75, 3.05) is 0 Å². The van der Waals surface area contributed by atoms with Crippen molar-refractivity contribution in [2.45, 2.75) is 44.9 Å². The molecule has 0 fully saturated rings. The molecule has 0 nitrogen and oxygen atoms in total. The Hall–Kier alpha value is -1.82. The molecule has 3 rings (SSSR count). The molecule has 0 amide bonds. The monoisotopic (exact) mass is 290 g/mol. The van der Waals surface area contributed by atoms with Crippen LogP contribution in [-0.4, -0.2) is 0 Å². The van der Waals surface area contributed by atoms with Crippen LogP contribution in [0.4, 0.5) is 0 Å². The minimum Gasteiger partial charge on any atom is -0.0885 e. The van der Waals surface area contributed by atoms with Crippen LogP contribution in [-0.2, 0) is 12.8 Å². The first-order valence-corrected chi connectivity index (χ1v) is 8.59. The van der Waals surface area contributed by atoms with Gasteiger partial charge in [-0.2, -0.15) is 0 Å². The van der Waals surface area contributed by atoms with Crippen molar-refractivity contribution in [1.82, 2.24) is 0 Å². The molecular formula is C22H26. The predicted molar refractivity (Wildman–Crippen MR) is 95.0 cm³/mol. The van der Waals surface area contributed by atoms with E-state index in [0.29, 0.717) is 5.41 Å². The molecule has 1 aliphatic rings. The zero-order valence-electron chi connectivity index (χ0n) is 13.4. The number of allylic oxidation sites excluding steroid dienone is 2. The second-order valence-electron chi connectivity index (χ2n) is 6.73. The molecule has 0 heteroatoms. The predicted octanol–water partition coefficient (Wildman–Crippen LogP) is 5.98. The lowest BCUT2D eigenvalue weighted by Crippen LogP contribution is -2.27. The molecule has 0 aliphatic heterocycles. The van der Waals surface area contributed by atoms with Gasteiger partial charge in [-0.3, -0.25) is 0 Å². The normalized spacial score (nSPS) is 17.6. The van der Waals surface area contributed by atoms with Gasteiger partial charge in [0.1, 0.15) is 0 Å². The summed E-state index contributed by atoms with van der Waals surface area (Å²) in [6, 6.07) is 22.1. The number of rotatable bonds is 4. The van der Waals surface area contributed by atoms with Crippen LogP contribution in [0.25, 0.3) is 0 Å². The molecule has 0 saturated heterocycles. The second kappa shape index (κ2) is 7.45. The molecule has 0 saturated carbocycles. The van der Waals surface area contributed by atoms with Crippen molar-refractivity contribution in [3.63, 3.8) is 0 Å². The first-order valence-electron chi connectivity index (χ1n) is 8.59. The van der Waals surface area contributed by atoms with Gasteiger partial charge in [0.25, 0.3) is 0 Å². The van der Waals surface area contributed by atoms with Crippen molar-refractivity contribution >= 4 is 0 Å².